The quantitative estimate of drug-likeness (QED) is 0.904. The van der Waals surface area contributed by atoms with Crippen LogP contribution in [0.4, 0.5) is 5.69 Å². The van der Waals surface area contributed by atoms with Crippen molar-refractivity contribution in [1.82, 2.24) is 0 Å². The fourth-order valence-corrected chi connectivity index (χ4v) is 3.01. The van der Waals surface area contributed by atoms with Gasteiger partial charge in [-0.15, -0.1) is 0 Å². The first kappa shape index (κ1) is 11.8. The van der Waals surface area contributed by atoms with Gasteiger partial charge in [-0.25, -0.2) is 8.42 Å². The maximum atomic E-state index is 11.2. The highest BCUT2D eigenvalue weighted by molar-refractivity contribution is 7.94. The average molecular weight is 278 g/mol. The Labute approximate surface area is 104 Å². The minimum absolute atomic E-state index is 0.146. The molecular formula is C10H9Cl2NO2S. The molecule has 1 aromatic carbocycles. The van der Waals surface area contributed by atoms with Crippen molar-refractivity contribution in [3.63, 3.8) is 0 Å². The lowest BCUT2D eigenvalue weighted by atomic mass is 10.3. The van der Waals surface area contributed by atoms with Crippen LogP contribution in [0.1, 0.15) is 6.42 Å². The van der Waals surface area contributed by atoms with Crippen molar-refractivity contribution in [1.29, 1.82) is 0 Å². The van der Waals surface area contributed by atoms with Crippen molar-refractivity contribution in [3.05, 3.63) is 39.3 Å². The van der Waals surface area contributed by atoms with Crippen molar-refractivity contribution in [3.8, 4) is 0 Å². The van der Waals surface area contributed by atoms with Crippen LogP contribution in [-0.4, -0.2) is 14.2 Å². The van der Waals surface area contributed by atoms with E-state index in [1.165, 1.54) is 5.41 Å². The number of halogens is 2. The van der Waals surface area contributed by atoms with Crippen LogP contribution in [0, 0.1) is 0 Å². The van der Waals surface area contributed by atoms with Gasteiger partial charge in [0.1, 0.15) is 0 Å². The van der Waals surface area contributed by atoms with Crippen LogP contribution in [0.15, 0.2) is 29.3 Å². The molecule has 86 valence electrons. The first-order valence-corrected chi connectivity index (χ1v) is 7.09. The van der Waals surface area contributed by atoms with Crippen molar-refractivity contribution in [2.45, 2.75) is 6.42 Å². The fraction of sp³-hybridized carbons (Fsp3) is 0.200. The third kappa shape index (κ3) is 2.70. The molecule has 0 atom stereocenters. The molecular weight excluding hydrogens is 269 g/mol. The molecule has 0 aliphatic carbocycles. The Morgan fingerprint density at radius 2 is 2.00 bits per heavy atom. The average Bonchev–Trinajstić information content (AvgIpc) is 2.52. The lowest BCUT2D eigenvalue weighted by molar-refractivity contribution is 0.606. The zero-order valence-electron chi connectivity index (χ0n) is 8.20. The number of anilines is 1. The van der Waals surface area contributed by atoms with Crippen molar-refractivity contribution in [2.75, 3.05) is 11.1 Å². The maximum absolute atomic E-state index is 11.2. The lowest BCUT2D eigenvalue weighted by Gasteiger charge is -2.08. The van der Waals surface area contributed by atoms with Gasteiger partial charge in [0.15, 0.2) is 9.84 Å². The summed E-state index contributed by atoms with van der Waals surface area (Å²) in [7, 11) is -3.04. The fourth-order valence-electron chi connectivity index (χ4n) is 1.45. The first-order chi connectivity index (χ1) is 7.46. The van der Waals surface area contributed by atoms with Crippen LogP contribution in [0.3, 0.4) is 0 Å². The maximum Gasteiger partial charge on any atom is 0.173 e. The van der Waals surface area contributed by atoms with E-state index >= 15 is 0 Å². The van der Waals surface area contributed by atoms with E-state index in [1.54, 1.807) is 18.2 Å². The van der Waals surface area contributed by atoms with Gasteiger partial charge in [-0.05, 0) is 18.2 Å². The molecule has 1 N–H and O–H groups in total. The van der Waals surface area contributed by atoms with E-state index in [9.17, 15) is 8.42 Å². The molecule has 0 saturated carbocycles. The Morgan fingerprint density at radius 3 is 2.62 bits per heavy atom. The second kappa shape index (κ2) is 4.28. The SMILES string of the molecule is O=S1(=O)C=C(Nc2cc(Cl)ccc2Cl)CC1. The summed E-state index contributed by atoms with van der Waals surface area (Å²) >= 11 is 11.8. The highest BCUT2D eigenvalue weighted by atomic mass is 35.5. The molecule has 0 radical (unpaired) electrons. The lowest BCUT2D eigenvalue weighted by Crippen LogP contribution is -1.97. The van der Waals surface area contributed by atoms with Gasteiger partial charge in [-0.3, -0.25) is 0 Å². The number of allylic oxidation sites excluding steroid dienone is 1. The molecule has 0 spiro atoms. The van der Waals surface area contributed by atoms with E-state index in [4.69, 9.17) is 23.2 Å². The van der Waals surface area contributed by atoms with Crippen LogP contribution in [-0.2, 0) is 9.84 Å². The van der Waals surface area contributed by atoms with E-state index in [0.29, 0.717) is 27.9 Å². The van der Waals surface area contributed by atoms with Gasteiger partial charge < -0.3 is 5.32 Å². The summed E-state index contributed by atoms with van der Waals surface area (Å²) in [6.07, 6.45) is 0.477. The Morgan fingerprint density at radius 1 is 1.25 bits per heavy atom. The number of sulfone groups is 1. The van der Waals surface area contributed by atoms with Crippen molar-refractivity contribution >= 4 is 38.7 Å². The number of hydrogen-bond acceptors (Lipinski definition) is 3. The summed E-state index contributed by atoms with van der Waals surface area (Å²) < 4.78 is 22.4. The zero-order valence-corrected chi connectivity index (χ0v) is 10.5. The van der Waals surface area contributed by atoms with Crippen LogP contribution < -0.4 is 5.32 Å². The minimum Gasteiger partial charge on any atom is -0.357 e. The van der Waals surface area contributed by atoms with Gasteiger partial charge in [-0.2, -0.15) is 0 Å². The Hall–Kier alpha value is -0.710. The molecule has 0 amide bonds. The van der Waals surface area contributed by atoms with Gasteiger partial charge in [0.2, 0.25) is 0 Å². The van der Waals surface area contributed by atoms with Gasteiger partial charge in [0, 0.05) is 22.5 Å². The standard InChI is InChI=1S/C10H9Cl2NO2S/c11-7-1-2-9(12)10(5-7)13-8-3-4-16(14,15)6-8/h1-2,5-6,13H,3-4H2. The van der Waals surface area contributed by atoms with Crippen LogP contribution in [0.2, 0.25) is 10.0 Å². The number of rotatable bonds is 2. The third-order valence-corrected chi connectivity index (χ3v) is 4.18. The van der Waals surface area contributed by atoms with Crippen molar-refractivity contribution in [2.24, 2.45) is 0 Å². The summed E-state index contributed by atoms with van der Waals surface area (Å²) in [6, 6.07) is 5.00. The molecule has 1 aromatic rings. The second-order valence-corrected chi connectivity index (χ2v) is 6.32. The molecule has 0 bridgehead atoms. The summed E-state index contributed by atoms with van der Waals surface area (Å²) in [5.74, 6) is 0.146. The largest absolute Gasteiger partial charge is 0.357 e. The van der Waals surface area contributed by atoms with Crippen molar-refractivity contribution < 1.29 is 8.42 Å². The Balaban J connectivity index is 2.25. The number of hydrogen-bond donors (Lipinski definition) is 1. The highest BCUT2D eigenvalue weighted by Crippen LogP contribution is 2.28. The molecule has 1 aliphatic heterocycles. The topological polar surface area (TPSA) is 46.2 Å². The smallest absolute Gasteiger partial charge is 0.173 e. The van der Waals surface area contributed by atoms with E-state index in [1.807, 2.05) is 0 Å². The van der Waals surface area contributed by atoms with E-state index in [-0.39, 0.29) is 5.75 Å². The molecule has 0 fully saturated rings. The summed E-state index contributed by atoms with van der Waals surface area (Å²) in [4.78, 5) is 0. The van der Waals surface area contributed by atoms with Gasteiger partial charge in [0.05, 0.1) is 16.5 Å². The van der Waals surface area contributed by atoms with Gasteiger partial charge in [0.25, 0.3) is 0 Å². The predicted molar refractivity (Wildman–Crippen MR) is 66.6 cm³/mol. The first-order valence-electron chi connectivity index (χ1n) is 4.62. The van der Waals surface area contributed by atoms with Crippen LogP contribution in [0.5, 0.6) is 0 Å². The monoisotopic (exact) mass is 277 g/mol. The van der Waals surface area contributed by atoms with E-state index < -0.39 is 9.84 Å². The van der Waals surface area contributed by atoms with Crippen LogP contribution in [0.25, 0.3) is 0 Å². The molecule has 0 unspecified atom stereocenters. The minimum atomic E-state index is -3.04. The molecule has 0 aromatic heterocycles. The molecule has 1 heterocycles. The molecule has 3 nitrogen and oxygen atoms in total. The summed E-state index contributed by atoms with van der Waals surface area (Å²) in [5, 5.41) is 5.27. The molecule has 0 saturated heterocycles. The molecule has 16 heavy (non-hydrogen) atoms. The molecule has 6 heteroatoms. The number of benzene rings is 1. The second-order valence-electron chi connectivity index (χ2n) is 3.51. The highest BCUT2D eigenvalue weighted by Gasteiger charge is 2.18. The molecule has 1 aliphatic rings. The summed E-state index contributed by atoms with van der Waals surface area (Å²) in [6.45, 7) is 0. The molecule has 2 rings (SSSR count). The van der Waals surface area contributed by atoms with Gasteiger partial charge in [-0.1, -0.05) is 23.2 Å². The van der Waals surface area contributed by atoms with Crippen LogP contribution >= 0.6 is 23.2 Å². The normalized spacial score (nSPS) is 18.2. The number of nitrogens with one attached hydrogen (secondary N) is 1. The summed E-state index contributed by atoms with van der Waals surface area (Å²) in [5.41, 5.74) is 1.27. The Kier molecular flexibility index (Phi) is 3.15. The van der Waals surface area contributed by atoms with E-state index in [2.05, 4.69) is 5.32 Å². The van der Waals surface area contributed by atoms with E-state index in [0.717, 1.165) is 0 Å². The Bertz CT molecular complexity index is 552. The van der Waals surface area contributed by atoms with Gasteiger partial charge >= 0.3 is 0 Å². The zero-order chi connectivity index (χ0) is 11.8. The predicted octanol–water partition coefficient (Wildman–Crippen LogP) is 3.07. The third-order valence-electron chi connectivity index (χ3n) is 2.20.